The third kappa shape index (κ3) is 4.77. The quantitative estimate of drug-likeness (QED) is 0.705. The molecule has 1 amide bonds. The molecule has 1 unspecified atom stereocenters. The standard InChI is InChI=1S/C22H29N3O3S2/c26-22(23-17-20(21-10-7-15-29-21)24-11-4-5-12-24)18-8-6-9-19(16-18)30(27,28)25-13-2-1-3-14-25/h6-10,15-16,20H,1-5,11-14,17H2,(H,23,26). The van der Waals surface area contributed by atoms with E-state index in [2.05, 4.69) is 21.7 Å². The number of amides is 1. The van der Waals surface area contributed by atoms with Crippen molar-refractivity contribution in [1.29, 1.82) is 0 Å². The van der Waals surface area contributed by atoms with Gasteiger partial charge in [0, 0.05) is 30.1 Å². The number of benzene rings is 1. The zero-order chi connectivity index (χ0) is 21.0. The van der Waals surface area contributed by atoms with Crippen molar-refractivity contribution in [2.24, 2.45) is 0 Å². The summed E-state index contributed by atoms with van der Waals surface area (Å²) in [6.07, 6.45) is 5.22. The molecule has 1 aromatic heterocycles. The highest BCUT2D eigenvalue weighted by atomic mass is 32.2. The molecule has 1 aromatic carbocycles. The molecule has 0 bridgehead atoms. The lowest BCUT2D eigenvalue weighted by Crippen LogP contribution is -2.37. The maximum atomic E-state index is 12.9. The summed E-state index contributed by atoms with van der Waals surface area (Å²) in [5, 5.41) is 5.10. The minimum atomic E-state index is -3.55. The second-order valence-electron chi connectivity index (χ2n) is 7.98. The van der Waals surface area contributed by atoms with Gasteiger partial charge >= 0.3 is 0 Å². The van der Waals surface area contributed by atoms with Crippen molar-refractivity contribution < 1.29 is 13.2 Å². The summed E-state index contributed by atoms with van der Waals surface area (Å²) in [6.45, 7) is 3.71. The fourth-order valence-corrected chi connectivity index (χ4v) is 6.71. The summed E-state index contributed by atoms with van der Waals surface area (Å²) in [5.74, 6) is -0.230. The largest absolute Gasteiger partial charge is 0.350 e. The van der Waals surface area contributed by atoms with E-state index in [9.17, 15) is 13.2 Å². The van der Waals surface area contributed by atoms with Gasteiger partial charge in [-0.05, 0) is 68.4 Å². The van der Waals surface area contributed by atoms with E-state index in [0.29, 0.717) is 25.2 Å². The molecule has 30 heavy (non-hydrogen) atoms. The second kappa shape index (κ2) is 9.60. The summed E-state index contributed by atoms with van der Waals surface area (Å²) in [7, 11) is -3.55. The predicted molar refractivity (Wildman–Crippen MR) is 119 cm³/mol. The van der Waals surface area contributed by atoms with Crippen LogP contribution in [0, 0.1) is 0 Å². The van der Waals surface area contributed by atoms with Gasteiger partial charge in [0.25, 0.3) is 5.91 Å². The summed E-state index contributed by atoms with van der Waals surface area (Å²) < 4.78 is 27.4. The first kappa shape index (κ1) is 21.5. The van der Waals surface area contributed by atoms with Crippen LogP contribution < -0.4 is 5.32 Å². The Bertz CT molecular complexity index is 948. The van der Waals surface area contributed by atoms with E-state index in [0.717, 1.165) is 32.4 Å². The van der Waals surface area contributed by atoms with Crippen LogP contribution in [0.15, 0.2) is 46.7 Å². The molecule has 0 radical (unpaired) electrons. The van der Waals surface area contributed by atoms with Crippen molar-refractivity contribution in [3.05, 3.63) is 52.2 Å². The molecule has 1 N–H and O–H groups in total. The molecule has 2 fully saturated rings. The minimum Gasteiger partial charge on any atom is -0.350 e. The lowest BCUT2D eigenvalue weighted by atomic mass is 10.2. The van der Waals surface area contributed by atoms with Crippen LogP contribution >= 0.6 is 11.3 Å². The molecule has 2 aliphatic heterocycles. The SMILES string of the molecule is O=C(NCC(c1cccs1)N1CCCC1)c1cccc(S(=O)(=O)N2CCCCC2)c1. The highest BCUT2D eigenvalue weighted by molar-refractivity contribution is 7.89. The fraction of sp³-hybridized carbons (Fsp3) is 0.500. The average Bonchev–Trinajstić information content (AvgIpc) is 3.50. The number of nitrogens with one attached hydrogen (secondary N) is 1. The lowest BCUT2D eigenvalue weighted by Gasteiger charge is -2.27. The normalized spacial score (nSPS) is 19.6. The number of rotatable bonds is 7. The van der Waals surface area contributed by atoms with Crippen molar-refractivity contribution in [2.75, 3.05) is 32.7 Å². The van der Waals surface area contributed by atoms with Crippen LogP contribution in [-0.4, -0.2) is 56.3 Å². The van der Waals surface area contributed by atoms with Crippen molar-refractivity contribution in [3.8, 4) is 0 Å². The number of piperidine rings is 1. The second-order valence-corrected chi connectivity index (χ2v) is 10.9. The molecule has 0 saturated carbocycles. The third-order valence-electron chi connectivity index (χ3n) is 5.96. The number of thiophene rings is 1. The molecule has 0 aliphatic carbocycles. The van der Waals surface area contributed by atoms with E-state index in [1.807, 2.05) is 6.07 Å². The van der Waals surface area contributed by atoms with E-state index in [1.54, 1.807) is 29.5 Å². The maximum absolute atomic E-state index is 12.9. The van der Waals surface area contributed by atoms with Crippen molar-refractivity contribution in [3.63, 3.8) is 0 Å². The van der Waals surface area contributed by atoms with Crippen molar-refractivity contribution >= 4 is 27.3 Å². The zero-order valence-electron chi connectivity index (χ0n) is 17.1. The summed E-state index contributed by atoms with van der Waals surface area (Å²) in [6, 6.07) is 10.8. The predicted octanol–water partition coefficient (Wildman–Crippen LogP) is 3.49. The van der Waals surface area contributed by atoms with E-state index < -0.39 is 10.0 Å². The monoisotopic (exact) mass is 447 g/mol. The molecule has 8 heteroatoms. The Hall–Kier alpha value is -1.74. The number of sulfonamides is 1. The van der Waals surface area contributed by atoms with E-state index in [1.165, 1.54) is 28.1 Å². The fourth-order valence-electron chi connectivity index (χ4n) is 4.29. The van der Waals surface area contributed by atoms with Crippen LogP contribution in [0.2, 0.25) is 0 Å². The third-order valence-corrected chi connectivity index (χ3v) is 8.83. The molecular formula is C22H29N3O3S2. The first-order chi connectivity index (χ1) is 14.6. The van der Waals surface area contributed by atoms with E-state index >= 15 is 0 Å². The number of hydrogen-bond acceptors (Lipinski definition) is 5. The topological polar surface area (TPSA) is 69.7 Å². The molecule has 2 aromatic rings. The van der Waals surface area contributed by atoms with E-state index in [-0.39, 0.29) is 16.8 Å². The highest BCUT2D eigenvalue weighted by Crippen LogP contribution is 2.28. The Morgan fingerprint density at radius 2 is 1.73 bits per heavy atom. The van der Waals surface area contributed by atoms with Crippen molar-refractivity contribution in [2.45, 2.75) is 43.0 Å². The Morgan fingerprint density at radius 3 is 2.43 bits per heavy atom. The van der Waals surface area contributed by atoms with Gasteiger partial charge in [0.1, 0.15) is 0 Å². The van der Waals surface area contributed by atoms with Crippen LogP contribution in [0.3, 0.4) is 0 Å². The Kier molecular flexibility index (Phi) is 6.87. The number of carbonyl (C=O) groups excluding carboxylic acids is 1. The van der Waals surface area contributed by atoms with Gasteiger partial charge in [0.2, 0.25) is 10.0 Å². The minimum absolute atomic E-state index is 0.164. The molecule has 6 nitrogen and oxygen atoms in total. The van der Waals surface area contributed by atoms with Gasteiger partial charge in [-0.1, -0.05) is 18.6 Å². The van der Waals surface area contributed by atoms with Gasteiger partial charge in [0.15, 0.2) is 0 Å². The average molecular weight is 448 g/mol. The molecular weight excluding hydrogens is 418 g/mol. The van der Waals surface area contributed by atoms with Gasteiger partial charge in [-0.3, -0.25) is 9.69 Å². The number of nitrogens with zero attached hydrogens (tertiary/aromatic N) is 2. The Labute approximate surface area is 182 Å². The summed E-state index contributed by atoms with van der Waals surface area (Å²) in [5.41, 5.74) is 0.388. The van der Waals surface area contributed by atoms with Crippen molar-refractivity contribution in [1.82, 2.24) is 14.5 Å². The van der Waals surface area contributed by atoms with Crippen LogP contribution in [0.5, 0.6) is 0 Å². The molecule has 4 rings (SSSR count). The molecule has 2 saturated heterocycles. The first-order valence-corrected chi connectivity index (χ1v) is 13.0. The molecule has 2 aliphatic rings. The van der Waals surface area contributed by atoms with Gasteiger partial charge in [-0.25, -0.2) is 8.42 Å². The number of hydrogen-bond donors (Lipinski definition) is 1. The number of carbonyl (C=O) groups is 1. The van der Waals surface area contributed by atoms with Gasteiger partial charge in [-0.15, -0.1) is 11.3 Å². The van der Waals surface area contributed by atoms with Gasteiger partial charge in [-0.2, -0.15) is 4.31 Å². The highest BCUT2D eigenvalue weighted by Gasteiger charge is 2.27. The van der Waals surface area contributed by atoms with Crippen LogP contribution in [0.25, 0.3) is 0 Å². The van der Waals surface area contributed by atoms with Crippen LogP contribution in [0.4, 0.5) is 0 Å². The Morgan fingerprint density at radius 1 is 1.00 bits per heavy atom. The Balaban J connectivity index is 1.46. The molecule has 162 valence electrons. The number of likely N-dealkylation sites (tertiary alicyclic amines) is 1. The smallest absolute Gasteiger partial charge is 0.251 e. The van der Waals surface area contributed by atoms with E-state index in [4.69, 9.17) is 0 Å². The first-order valence-electron chi connectivity index (χ1n) is 10.7. The zero-order valence-corrected chi connectivity index (χ0v) is 18.8. The summed E-state index contributed by atoms with van der Waals surface area (Å²) in [4.78, 5) is 16.7. The van der Waals surface area contributed by atoms with Gasteiger partial charge < -0.3 is 5.32 Å². The lowest BCUT2D eigenvalue weighted by molar-refractivity contribution is 0.0938. The van der Waals surface area contributed by atoms with Crippen LogP contribution in [-0.2, 0) is 10.0 Å². The molecule has 1 atom stereocenters. The molecule has 0 spiro atoms. The maximum Gasteiger partial charge on any atom is 0.251 e. The van der Waals surface area contributed by atoms with Crippen LogP contribution in [0.1, 0.15) is 53.4 Å². The van der Waals surface area contributed by atoms with Gasteiger partial charge in [0.05, 0.1) is 10.9 Å². The summed E-state index contributed by atoms with van der Waals surface area (Å²) >= 11 is 1.71. The molecule has 3 heterocycles.